The van der Waals surface area contributed by atoms with E-state index in [0.717, 1.165) is 5.56 Å². The highest BCUT2D eigenvalue weighted by Gasteiger charge is 2.25. The predicted octanol–water partition coefficient (Wildman–Crippen LogP) is 6.97. The minimum absolute atomic E-state index is 0.124. The number of aliphatic imine (C=N–C) groups is 1. The van der Waals surface area contributed by atoms with Gasteiger partial charge >= 0.3 is 5.97 Å². The molecule has 0 aliphatic carbocycles. The first kappa shape index (κ1) is 23.2. The van der Waals surface area contributed by atoms with E-state index in [1.807, 2.05) is 31.2 Å². The second-order valence-electron chi connectivity index (χ2n) is 7.02. The molecule has 0 aromatic heterocycles. The van der Waals surface area contributed by atoms with Crippen molar-refractivity contribution in [2.24, 2.45) is 4.99 Å². The van der Waals surface area contributed by atoms with Gasteiger partial charge in [-0.05, 0) is 66.6 Å². The third kappa shape index (κ3) is 5.69. The third-order valence-electron chi connectivity index (χ3n) is 4.64. The van der Waals surface area contributed by atoms with Gasteiger partial charge in [0.15, 0.2) is 17.2 Å². The molecule has 0 N–H and O–H groups in total. The second-order valence-corrected chi connectivity index (χ2v) is 8.30. The highest BCUT2D eigenvalue weighted by atomic mass is 35.5. The molecule has 5 nitrogen and oxygen atoms in total. The summed E-state index contributed by atoms with van der Waals surface area (Å²) in [4.78, 5) is 16.7. The van der Waals surface area contributed by atoms with Gasteiger partial charge < -0.3 is 14.2 Å². The molecule has 1 heterocycles. The van der Waals surface area contributed by atoms with E-state index in [0.29, 0.717) is 50.9 Å². The maximum atomic E-state index is 12.4. The topological polar surface area (TPSA) is 57.1 Å². The van der Waals surface area contributed by atoms with Crippen LogP contribution < -0.4 is 9.47 Å². The third-order valence-corrected chi connectivity index (χ3v) is 5.42. The number of halogens is 3. The number of cyclic esters (lactones) is 1. The number of esters is 1. The highest BCUT2D eigenvalue weighted by Crippen LogP contribution is 2.31. The summed E-state index contributed by atoms with van der Waals surface area (Å²) >= 11 is 18.2. The van der Waals surface area contributed by atoms with Crippen LogP contribution in [0.25, 0.3) is 6.08 Å². The first-order chi connectivity index (χ1) is 15.9. The molecule has 0 saturated heterocycles. The van der Waals surface area contributed by atoms with Crippen molar-refractivity contribution in [3.05, 3.63) is 98.1 Å². The molecule has 0 fully saturated rings. The minimum Gasteiger partial charge on any atom is -0.490 e. The Morgan fingerprint density at radius 3 is 2.52 bits per heavy atom. The molecule has 8 heteroatoms. The number of nitrogens with zero attached hydrogens (tertiary/aromatic N) is 1. The van der Waals surface area contributed by atoms with Crippen molar-refractivity contribution < 1.29 is 19.0 Å². The molecule has 3 aromatic rings. The summed E-state index contributed by atoms with van der Waals surface area (Å²) in [7, 11) is 0. The Bertz CT molecular complexity index is 1270. The van der Waals surface area contributed by atoms with Gasteiger partial charge in [-0.2, -0.15) is 0 Å². The second kappa shape index (κ2) is 10.3. The van der Waals surface area contributed by atoms with E-state index in [-0.39, 0.29) is 11.6 Å². The lowest BCUT2D eigenvalue weighted by molar-refractivity contribution is -0.129. The van der Waals surface area contributed by atoms with E-state index >= 15 is 0 Å². The van der Waals surface area contributed by atoms with Crippen LogP contribution in [0, 0.1) is 0 Å². The zero-order chi connectivity index (χ0) is 23.4. The maximum absolute atomic E-state index is 12.4. The molecule has 0 atom stereocenters. The summed E-state index contributed by atoms with van der Waals surface area (Å²) in [5.41, 5.74) is 2.27. The van der Waals surface area contributed by atoms with Crippen LogP contribution in [0.1, 0.15) is 23.6 Å². The summed E-state index contributed by atoms with van der Waals surface area (Å²) in [6.07, 6.45) is 1.61. The molecule has 33 heavy (non-hydrogen) atoms. The lowest BCUT2D eigenvalue weighted by Crippen LogP contribution is -2.05. The van der Waals surface area contributed by atoms with Gasteiger partial charge in [0, 0.05) is 10.0 Å². The number of hydrogen-bond acceptors (Lipinski definition) is 5. The Morgan fingerprint density at radius 2 is 1.76 bits per heavy atom. The summed E-state index contributed by atoms with van der Waals surface area (Å²) in [6.45, 7) is 2.67. The molecule has 4 rings (SSSR count). The normalized spacial score (nSPS) is 14.2. The summed E-state index contributed by atoms with van der Waals surface area (Å²) in [5, 5.41) is 1.46. The van der Waals surface area contributed by atoms with Crippen LogP contribution >= 0.6 is 34.8 Å². The van der Waals surface area contributed by atoms with Gasteiger partial charge in [0.2, 0.25) is 5.90 Å². The summed E-state index contributed by atoms with van der Waals surface area (Å²) in [6, 6.07) is 17.7. The van der Waals surface area contributed by atoms with Crippen molar-refractivity contribution in [3.8, 4) is 11.5 Å². The van der Waals surface area contributed by atoms with Crippen LogP contribution in [0.2, 0.25) is 15.1 Å². The van der Waals surface area contributed by atoms with E-state index in [1.54, 1.807) is 42.5 Å². The number of rotatable bonds is 7. The predicted molar refractivity (Wildman–Crippen MR) is 130 cm³/mol. The number of carbonyl (C=O) groups is 1. The number of ether oxygens (including phenoxy) is 3. The molecule has 0 unspecified atom stereocenters. The van der Waals surface area contributed by atoms with E-state index in [4.69, 9.17) is 49.0 Å². The summed E-state index contributed by atoms with van der Waals surface area (Å²) < 4.78 is 17.0. The molecule has 168 valence electrons. The lowest BCUT2D eigenvalue weighted by Gasteiger charge is -2.13. The Hall–Kier alpha value is -2.99. The zero-order valence-corrected chi connectivity index (χ0v) is 19.7. The van der Waals surface area contributed by atoms with Gasteiger partial charge in [0.05, 0.1) is 17.2 Å². The first-order valence-corrected chi connectivity index (χ1v) is 11.2. The molecular weight excluding hydrogens is 485 g/mol. The Kier molecular flexibility index (Phi) is 7.23. The fourth-order valence-electron chi connectivity index (χ4n) is 3.13. The lowest BCUT2D eigenvalue weighted by atomic mass is 10.1. The Balaban J connectivity index is 1.57. The SMILES string of the molecule is CCOc1cc(/C=C2\N=C(c3ccc(Cl)cc3Cl)OC2=O)ccc1OCc1cccc(Cl)c1. The van der Waals surface area contributed by atoms with Crippen LogP contribution in [0.4, 0.5) is 0 Å². The molecule has 0 amide bonds. The molecule has 0 saturated carbocycles. The average Bonchev–Trinajstić information content (AvgIpc) is 3.13. The van der Waals surface area contributed by atoms with E-state index < -0.39 is 5.97 Å². The van der Waals surface area contributed by atoms with Crippen LogP contribution in [-0.4, -0.2) is 18.5 Å². The highest BCUT2D eigenvalue weighted by molar-refractivity contribution is 6.37. The number of benzene rings is 3. The molecule has 0 spiro atoms. The van der Waals surface area contributed by atoms with Gasteiger partial charge in [-0.25, -0.2) is 9.79 Å². The Labute approximate surface area is 206 Å². The fraction of sp³-hybridized carbons (Fsp3) is 0.120. The van der Waals surface area contributed by atoms with Crippen molar-refractivity contribution in [2.75, 3.05) is 6.61 Å². The fourth-order valence-corrected chi connectivity index (χ4v) is 3.84. The standard InChI is InChI=1S/C25H18Cl3NO4/c1-2-31-23-12-15(6-9-22(23)32-14-16-4-3-5-17(26)10-16)11-21-25(30)33-24(29-21)19-8-7-18(27)13-20(19)28/h3-13H,2,14H2,1H3/b21-11-. The smallest absolute Gasteiger partial charge is 0.363 e. The van der Waals surface area contributed by atoms with Gasteiger partial charge in [-0.1, -0.05) is 53.0 Å². The minimum atomic E-state index is -0.574. The van der Waals surface area contributed by atoms with Crippen molar-refractivity contribution in [2.45, 2.75) is 13.5 Å². The maximum Gasteiger partial charge on any atom is 0.363 e. The van der Waals surface area contributed by atoms with Crippen LogP contribution in [0.5, 0.6) is 11.5 Å². The molecular formula is C25H18Cl3NO4. The molecule has 0 radical (unpaired) electrons. The average molecular weight is 503 g/mol. The zero-order valence-electron chi connectivity index (χ0n) is 17.5. The first-order valence-electron chi connectivity index (χ1n) is 10.0. The van der Waals surface area contributed by atoms with Crippen LogP contribution in [-0.2, 0) is 16.1 Å². The van der Waals surface area contributed by atoms with E-state index in [9.17, 15) is 4.79 Å². The largest absolute Gasteiger partial charge is 0.490 e. The van der Waals surface area contributed by atoms with Crippen molar-refractivity contribution in [1.82, 2.24) is 0 Å². The summed E-state index contributed by atoms with van der Waals surface area (Å²) in [5.74, 6) is 0.671. The van der Waals surface area contributed by atoms with E-state index in [1.165, 1.54) is 0 Å². The number of hydrogen-bond donors (Lipinski definition) is 0. The Morgan fingerprint density at radius 1 is 0.939 bits per heavy atom. The van der Waals surface area contributed by atoms with Crippen molar-refractivity contribution in [1.29, 1.82) is 0 Å². The van der Waals surface area contributed by atoms with Crippen molar-refractivity contribution in [3.63, 3.8) is 0 Å². The molecule has 0 bridgehead atoms. The quantitative estimate of drug-likeness (QED) is 0.259. The molecule has 1 aliphatic rings. The monoisotopic (exact) mass is 501 g/mol. The van der Waals surface area contributed by atoms with Gasteiger partial charge in [-0.3, -0.25) is 0 Å². The van der Waals surface area contributed by atoms with Crippen molar-refractivity contribution >= 4 is 52.7 Å². The van der Waals surface area contributed by atoms with Gasteiger partial charge in [0.25, 0.3) is 0 Å². The van der Waals surface area contributed by atoms with E-state index in [2.05, 4.69) is 4.99 Å². The van der Waals surface area contributed by atoms with Crippen LogP contribution in [0.3, 0.4) is 0 Å². The molecule has 1 aliphatic heterocycles. The van der Waals surface area contributed by atoms with Gasteiger partial charge in [0.1, 0.15) is 6.61 Å². The molecule has 3 aromatic carbocycles. The number of carbonyl (C=O) groups excluding carboxylic acids is 1. The van der Waals surface area contributed by atoms with Gasteiger partial charge in [-0.15, -0.1) is 0 Å². The van der Waals surface area contributed by atoms with Crippen LogP contribution in [0.15, 0.2) is 71.4 Å².